The van der Waals surface area contributed by atoms with Crippen molar-refractivity contribution in [3.63, 3.8) is 0 Å². The third-order valence-electron chi connectivity index (χ3n) is 10.3. The average molecular weight is 966 g/mol. The number of hydrogen-bond acceptors (Lipinski definition) is 15. The minimum Gasteiger partial charge on any atom is -0.480 e. The van der Waals surface area contributed by atoms with Gasteiger partial charge in [-0.05, 0) is 73.3 Å². The van der Waals surface area contributed by atoms with Crippen molar-refractivity contribution in [2.45, 2.75) is 152 Å². The van der Waals surface area contributed by atoms with Crippen LogP contribution in [0.5, 0.6) is 0 Å². The number of anilines is 1. The Balaban J connectivity index is 0.000000628. The van der Waals surface area contributed by atoms with Gasteiger partial charge in [-0.2, -0.15) is 28.5 Å². The molecule has 65 heavy (non-hydrogen) atoms. The van der Waals surface area contributed by atoms with Crippen molar-refractivity contribution in [3.8, 4) is 0 Å². The van der Waals surface area contributed by atoms with Crippen LogP contribution in [0.1, 0.15) is 107 Å². The molecule has 0 spiro atoms. The van der Waals surface area contributed by atoms with Crippen molar-refractivity contribution in [1.29, 1.82) is 0 Å². The first kappa shape index (κ1) is 57.2. The number of carboxylic acids is 1. The summed E-state index contributed by atoms with van der Waals surface area (Å²) in [6.07, 6.45) is 0.925. The van der Waals surface area contributed by atoms with E-state index < -0.39 is 66.0 Å². The van der Waals surface area contributed by atoms with Crippen molar-refractivity contribution in [3.05, 3.63) is 22.7 Å². The van der Waals surface area contributed by atoms with Crippen LogP contribution in [0.3, 0.4) is 0 Å². The number of aliphatic hydroxyl groups excluding tert-OH is 1. The first-order chi connectivity index (χ1) is 30.3. The highest BCUT2D eigenvalue weighted by atomic mass is 32.2. The van der Waals surface area contributed by atoms with Gasteiger partial charge in [-0.25, -0.2) is 18.4 Å². The lowest BCUT2D eigenvalue weighted by atomic mass is 9.88. The van der Waals surface area contributed by atoms with E-state index in [2.05, 4.69) is 31.6 Å². The summed E-state index contributed by atoms with van der Waals surface area (Å²) in [5.74, 6) is -4.56. The van der Waals surface area contributed by atoms with Crippen molar-refractivity contribution >= 4 is 65.4 Å². The summed E-state index contributed by atoms with van der Waals surface area (Å²) < 4.78 is 43.8. The number of aliphatic carboxylic acids is 1. The quantitative estimate of drug-likeness (QED) is 0.0520. The van der Waals surface area contributed by atoms with Crippen molar-refractivity contribution in [2.24, 2.45) is 5.41 Å². The second-order valence-corrected chi connectivity index (χ2v) is 20.5. The normalized spacial score (nSPS) is 20.2. The first-order valence-corrected chi connectivity index (χ1v) is 23.6. The van der Waals surface area contributed by atoms with Crippen LogP contribution in [0.4, 0.5) is 14.6 Å². The molecular formula is C42H69F2N7O12S2. The zero-order valence-electron chi connectivity index (χ0n) is 38.8. The number of rotatable bonds is 26. The van der Waals surface area contributed by atoms with Crippen LogP contribution < -0.4 is 32.3 Å². The number of carbonyl (C=O) groups is 6. The number of nitrogens with one attached hydrogen (secondary N) is 5. The van der Waals surface area contributed by atoms with Gasteiger partial charge >= 0.3 is 17.6 Å². The summed E-state index contributed by atoms with van der Waals surface area (Å²) in [5.41, 5.74) is -2.46. The molecule has 4 unspecified atom stereocenters. The van der Waals surface area contributed by atoms with Crippen LogP contribution in [-0.2, 0) is 43.0 Å². The van der Waals surface area contributed by atoms with E-state index in [1.165, 1.54) is 17.8 Å². The molecule has 23 heteroatoms. The Kier molecular flexibility index (Phi) is 23.3. The summed E-state index contributed by atoms with van der Waals surface area (Å²) in [5, 5.41) is 32.8. The maximum absolute atomic E-state index is 13.7. The predicted molar refractivity (Wildman–Crippen MR) is 243 cm³/mol. The average Bonchev–Trinajstić information content (AvgIpc) is 3.51. The monoisotopic (exact) mass is 965 g/mol. The molecular weight excluding hydrogens is 897 g/mol. The molecule has 0 bridgehead atoms. The molecule has 0 aromatic carbocycles. The second-order valence-electron chi connectivity index (χ2n) is 17.9. The van der Waals surface area contributed by atoms with Crippen LogP contribution in [-0.4, -0.2) is 147 Å². The van der Waals surface area contributed by atoms with E-state index in [0.29, 0.717) is 42.8 Å². The minimum absolute atomic E-state index is 0.0451. The molecule has 6 atom stereocenters. The SMILES string of the molecule is CCOC(=O)CCNC(=O)C(CSC1CCC1SCC(NC(=O)CCC(C)(C)OCCC(C)(C)C(=O)NC)C(=O)O)NC(C)(C)C.O=CNc1ccn([C@H]2O[C@@H](CO)CC2(F)F)c(=O)n1. The number of nitrogens with zero attached hydrogens (tertiary/aromatic N) is 2. The van der Waals surface area contributed by atoms with Crippen molar-refractivity contribution < 1.29 is 62.0 Å². The number of hydrogen-bond donors (Lipinski definition) is 7. The molecule has 4 amide bonds. The number of carboxylic acid groups (broad SMARTS) is 1. The predicted octanol–water partition coefficient (Wildman–Crippen LogP) is 2.84. The lowest BCUT2D eigenvalue weighted by Gasteiger charge is -2.37. The van der Waals surface area contributed by atoms with Gasteiger partial charge in [-0.3, -0.25) is 28.5 Å². The molecule has 3 rings (SSSR count). The van der Waals surface area contributed by atoms with Gasteiger partial charge in [0.2, 0.25) is 30.4 Å². The van der Waals surface area contributed by atoms with Crippen LogP contribution in [0.15, 0.2) is 17.1 Å². The third kappa shape index (κ3) is 20.2. The van der Waals surface area contributed by atoms with Gasteiger partial charge < -0.3 is 51.0 Å². The van der Waals surface area contributed by atoms with E-state index in [0.717, 1.165) is 19.0 Å². The number of halogens is 2. The van der Waals surface area contributed by atoms with Crippen molar-refractivity contribution in [1.82, 2.24) is 30.8 Å². The molecule has 1 aromatic rings. The summed E-state index contributed by atoms with van der Waals surface area (Å²) in [6.45, 7) is 15.5. The second kappa shape index (κ2) is 26.4. The van der Waals surface area contributed by atoms with E-state index in [1.807, 2.05) is 48.5 Å². The lowest BCUT2D eigenvalue weighted by Crippen LogP contribution is -2.53. The zero-order valence-corrected chi connectivity index (χ0v) is 40.5. The molecule has 1 aliphatic heterocycles. The maximum Gasteiger partial charge on any atom is 0.351 e. The molecule has 0 radical (unpaired) electrons. The molecule has 19 nitrogen and oxygen atoms in total. The number of amides is 4. The number of alkyl halides is 2. The van der Waals surface area contributed by atoms with Gasteiger partial charge in [-0.15, -0.1) is 0 Å². The Labute approximate surface area is 387 Å². The summed E-state index contributed by atoms with van der Waals surface area (Å²) in [4.78, 5) is 86.4. The van der Waals surface area contributed by atoms with Gasteiger partial charge in [-0.1, -0.05) is 13.8 Å². The Bertz CT molecular complexity index is 1800. The number of aliphatic hydroxyl groups is 1. The van der Waals surface area contributed by atoms with E-state index in [1.54, 1.807) is 25.7 Å². The smallest absolute Gasteiger partial charge is 0.351 e. The maximum atomic E-state index is 13.7. The van der Waals surface area contributed by atoms with Crippen LogP contribution in [0.2, 0.25) is 0 Å². The number of thioether (sulfide) groups is 2. The Morgan fingerprint density at radius 2 is 1.66 bits per heavy atom. The van der Waals surface area contributed by atoms with E-state index in [9.17, 15) is 47.4 Å². The highest BCUT2D eigenvalue weighted by molar-refractivity contribution is 8.04. The van der Waals surface area contributed by atoms with Gasteiger partial charge in [0.05, 0.1) is 37.4 Å². The summed E-state index contributed by atoms with van der Waals surface area (Å²) in [7, 11) is 1.60. The highest BCUT2D eigenvalue weighted by Crippen LogP contribution is 2.42. The molecule has 1 aromatic heterocycles. The van der Waals surface area contributed by atoms with Gasteiger partial charge in [0.1, 0.15) is 11.9 Å². The van der Waals surface area contributed by atoms with Crippen LogP contribution in [0.25, 0.3) is 0 Å². The zero-order chi connectivity index (χ0) is 49.2. The molecule has 7 N–H and O–H groups in total. The summed E-state index contributed by atoms with van der Waals surface area (Å²) >= 11 is 3.22. The number of esters is 1. The number of carbonyl (C=O) groups excluding carboxylic acids is 5. The molecule has 1 saturated carbocycles. The fourth-order valence-corrected chi connectivity index (χ4v) is 9.53. The van der Waals surface area contributed by atoms with E-state index in [4.69, 9.17) is 19.3 Å². The first-order valence-electron chi connectivity index (χ1n) is 21.5. The van der Waals surface area contributed by atoms with Gasteiger partial charge in [0.25, 0.3) is 5.92 Å². The van der Waals surface area contributed by atoms with Gasteiger partial charge in [0.15, 0.2) is 0 Å². The topological polar surface area (TPSA) is 266 Å². The molecule has 370 valence electrons. The Morgan fingerprint density at radius 1 is 1.03 bits per heavy atom. The molecule has 2 aliphatic rings. The Hall–Kier alpha value is -3.90. The highest BCUT2D eigenvalue weighted by Gasteiger charge is 2.51. The van der Waals surface area contributed by atoms with Gasteiger partial charge in [0, 0.05) is 72.2 Å². The van der Waals surface area contributed by atoms with E-state index in [-0.39, 0.29) is 70.7 Å². The lowest BCUT2D eigenvalue weighted by molar-refractivity contribution is -0.143. The number of aromatic nitrogens is 2. The third-order valence-corrected chi connectivity index (χ3v) is 13.5. The summed E-state index contributed by atoms with van der Waals surface area (Å²) in [6, 6.07) is -0.275. The van der Waals surface area contributed by atoms with E-state index >= 15 is 0 Å². The molecule has 2 fully saturated rings. The molecule has 1 aliphatic carbocycles. The van der Waals surface area contributed by atoms with Crippen LogP contribution in [0, 0.1) is 5.41 Å². The molecule has 1 saturated heterocycles. The Morgan fingerprint density at radius 3 is 2.17 bits per heavy atom. The standard InChI is InChI=1S/C32H58N4O8S2.C10H11F2N3O4/c1-10-43-26(38)14-17-34-27(39)21(36-30(2,3)4)19-45-23-11-12-24(23)46-20-22(28(40)41)35-25(37)13-15-32(7,8)44-18-16-31(5,6)29(42)33-9;11-10(12)3-6(4-16)19-8(10)15-2-1-7(13-5-17)14-9(15)18/h21-24,36H,10-20H2,1-9H3,(H,33,42)(H,34,39)(H,35,37)(H,40,41);1-2,5-6,8,16H,3-4H2,(H,13,14,17,18)/t;6-,8+/m.1/s1. The van der Waals surface area contributed by atoms with Crippen LogP contribution >= 0.6 is 23.5 Å². The fraction of sp³-hybridized carbons (Fsp3) is 0.762. The minimum atomic E-state index is -3.28. The van der Waals surface area contributed by atoms with Crippen molar-refractivity contribution in [2.75, 3.05) is 50.2 Å². The fourth-order valence-electron chi connectivity index (χ4n) is 6.41. The largest absolute Gasteiger partial charge is 0.480 e. The number of ether oxygens (including phenoxy) is 3. The molecule has 2 heterocycles.